The quantitative estimate of drug-likeness (QED) is 0.570. The van der Waals surface area contributed by atoms with Gasteiger partial charge in [-0.25, -0.2) is 0 Å². The van der Waals surface area contributed by atoms with Gasteiger partial charge in [0.25, 0.3) is 0 Å². The standard InChI is InChI=1S/C20H22N6O/c27-19-7-12(13-10-21-22-11-13)1-4-17(19)18-5-6-20(26-25-18)24-16-8-14-2-3-15(9-16)23-14/h1,4-7,10-11,14-16,23,27H,2-3,8-9H2,(H,21,22)(H,24,26)/t14-,15+,16?. The van der Waals surface area contributed by atoms with Crippen molar-refractivity contribution in [3.8, 4) is 28.1 Å². The van der Waals surface area contributed by atoms with E-state index in [9.17, 15) is 5.11 Å². The number of anilines is 1. The Hall–Kier alpha value is -2.93. The Labute approximate surface area is 157 Å². The summed E-state index contributed by atoms with van der Waals surface area (Å²) in [6, 6.07) is 11.1. The van der Waals surface area contributed by atoms with Crippen molar-refractivity contribution in [1.82, 2.24) is 25.7 Å². The van der Waals surface area contributed by atoms with Gasteiger partial charge >= 0.3 is 0 Å². The highest BCUT2D eigenvalue weighted by Crippen LogP contribution is 2.32. The van der Waals surface area contributed by atoms with Crippen LogP contribution in [-0.2, 0) is 0 Å². The lowest BCUT2D eigenvalue weighted by atomic mass is 10.00. The molecule has 0 aliphatic carbocycles. The lowest BCUT2D eigenvalue weighted by Crippen LogP contribution is -2.43. The molecule has 0 saturated carbocycles. The summed E-state index contributed by atoms with van der Waals surface area (Å²) in [5.41, 5.74) is 3.15. The molecule has 3 atom stereocenters. The minimum Gasteiger partial charge on any atom is -0.507 e. The van der Waals surface area contributed by atoms with Crippen molar-refractivity contribution in [3.63, 3.8) is 0 Å². The molecular weight excluding hydrogens is 340 g/mol. The molecule has 4 heterocycles. The van der Waals surface area contributed by atoms with Crippen molar-refractivity contribution in [2.75, 3.05) is 5.32 Å². The summed E-state index contributed by atoms with van der Waals surface area (Å²) in [6.07, 6.45) is 8.35. The first-order chi connectivity index (χ1) is 13.2. The summed E-state index contributed by atoms with van der Waals surface area (Å²) >= 11 is 0. The summed E-state index contributed by atoms with van der Waals surface area (Å²) in [7, 11) is 0. The van der Waals surface area contributed by atoms with Crippen LogP contribution < -0.4 is 10.6 Å². The van der Waals surface area contributed by atoms with E-state index in [1.807, 2.05) is 24.3 Å². The van der Waals surface area contributed by atoms with E-state index in [2.05, 4.69) is 31.0 Å². The van der Waals surface area contributed by atoms with E-state index in [0.29, 0.717) is 29.4 Å². The molecule has 5 rings (SSSR count). The Bertz CT molecular complexity index is 912. The summed E-state index contributed by atoms with van der Waals surface area (Å²) in [4.78, 5) is 0. The predicted octanol–water partition coefficient (Wildman–Crippen LogP) is 2.93. The molecule has 3 aromatic rings. The minimum atomic E-state index is 0.179. The zero-order valence-electron chi connectivity index (χ0n) is 14.9. The molecule has 0 spiro atoms. The van der Waals surface area contributed by atoms with Crippen LogP contribution in [0.1, 0.15) is 25.7 Å². The van der Waals surface area contributed by atoms with E-state index in [-0.39, 0.29) is 5.75 Å². The molecule has 2 aliphatic heterocycles. The second kappa shape index (κ2) is 6.66. The van der Waals surface area contributed by atoms with Crippen molar-refractivity contribution in [2.24, 2.45) is 0 Å². The normalized spacial score (nSPS) is 24.1. The van der Waals surface area contributed by atoms with Crippen LogP contribution in [0.5, 0.6) is 5.75 Å². The van der Waals surface area contributed by atoms with Gasteiger partial charge in [0.2, 0.25) is 0 Å². The number of rotatable bonds is 4. The number of aromatic nitrogens is 4. The van der Waals surface area contributed by atoms with Gasteiger partial charge in [-0.3, -0.25) is 5.10 Å². The van der Waals surface area contributed by atoms with Gasteiger partial charge in [0, 0.05) is 35.4 Å². The molecule has 7 nitrogen and oxygen atoms in total. The first kappa shape index (κ1) is 16.3. The summed E-state index contributed by atoms with van der Waals surface area (Å²) in [5, 5.41) is 32.9. The number of fused-ring (bicyclic) bond motifs is 2. The van der Waals surface area contributed by atoms with E-state index in [1.165, 1.54) is 12.8 Å². The number of benzene rings is 1. The number of aromatic amines is 1. The van der Waals surface area contributed by atoms with E-state index >= 15 is 0 Å². The first-order valence-electron chi connectivity index (χ1n) is 9.43. The Balaban J connectivity index is 1.31. The molecule has 0 amide bonds. The van der Waals surface area contributed by atoms with Gasteiger partial charge in [-0.1, -0.05) is 6.07 Å². The number of hydrogen-bond donors (Lipinski definition) is 4. The van der Waals surface area contributed by atoms with Crippen LogP contribution in [0.2, 0.25) is 0 Å². The Morgan fingerprint density at radius 2 is 1.85 bits per heavy atom. The average Bonchev–Trinajstić information content (AvgIpc) is 3.32. The van der Waals surface area contributed by atoms with Crippen LogP contribution in [0.4, 0.5) is 5.82 Å². The second-order valence-corrected chi connectivity index (χ2v) is 7.47. The molecule has 7 heteroatoms. The van der Waals surface area contributed by atoms with E-state index in [1.54, 1.807) is 18.5 Å². The lowest BCUT2D eigenvalue weighted by molar-refractivity contribution is 0.377. The summed E-state index contributed by atoms with van der Waals surface area (Å²) < 4.78 is 0. The smallest absolute Gasteiger partial charge is 0.148 e. The largest absolute Gasteiger partial charge is 0.507 e. The SMILES string of the molecule is Oc1cc(-c2cn[nH]c2)ccc1-c1ccc(NC2C[C@H]3CC[C@@H](C2)N3)nn1. The molecule has 0 radical (unpaired) electrons. The van der Waals surface area contributed by atoms with E-state index in [4.69, 9.17) is 0 Å². The molecule has 2 aliphatic rings. The number of aromatic hydroxyl groups is 1. The summed E-state index contributed by atoms with van der Waals surface area (Å²) in [6.45, 7) is 0. The van der Waals surface area contributed by atoms with E-state index < -0.39 is 0 Å². The number of piperidine rings is 1. The van der Waals surface area contributed by atoms with Gasteiger partial charge in [0.05, 0.1) is 11.9 Å². The first-order valence-corrected chi connectivity index (χ1v) is 9.43. The predicted molar refractivity (Wildman–Crippen MR) is 103 cm³/mol. The van der Waals surface area contributed by atoms with Crippen LogP contribution in [0.25, 0.3) is 22.4 Å². The van der Waals surface area contributed by atoms with Crippen LogP contribution in [-0.4, -0.2) is 43.6 Å². The van der Waals surface area contributed by atoms with Crippen LogP contribution in [0.15, 0.2) is 42.7 Å². The highest BCUT2D eigenvalue weighted by molar-refractivity contribution is 5.73. The van der Waals surface area contributed by atoms with Gasteiger partial charge in [-0.05, 0) is 55.5 Å². The number of hydrogen-bond acceptors (Lipinski definition) is 6. The van der Waals surface area contributed by atoms with E-state index in [0.717, 1.165) is 29.8 Å². The maximum absolute atomic E-state index is 10.4. The van der Waals surface area contributed by atoms with Gasteiger partial charge in [-0.2, -0.15) is 5.10 Å². The number of nitrogens with one attached hydrogen (secondary N) is 3. The molecule has 27 heavy (non-hydrogen) atoms. The van der Waals surface area contributed by atoms with Gasteiger partial charge < -0.3 is 15.7 Å². The highest BCUT2D eigenvalue weighted by Gasteiger charge is 2.33. The van der Waals surface area contributed by atoms with Gasteiger partial charge in [0.15, 0.2) is 0 Å². The fourth-order valence-electron chi connectivity index (χ4n) is 4.27. The Kier molecular flexibility index (Phi) is 4.01. The van der Waals surface area contributed by atoms with Gasteiger partial charge in [-0.15, -0.1) is 10.2 Å². The molecule has 2 bridgehead atoms. The third-order valence-electron chi connectivity index (χ3n) is 5.59. The molecule has 1 unspecified atom stereocenters. The third-order valence-corrected chi connectivity index (χ3v) is 5.59. The van der Waals surface area contributed by atoms with Crippen LogP contribution in [0, 0.1) is 0 Å². The summed E-state index contributed by atoms with van der Waals surface area (Å²) in [5.74, 6) is 0.971. The average molecular weight is 362 g/mol. The maximum atomic E-state index is 10.4. The van der Waals surface area contributed by atoms with Crippen molar-refractivity contribution in [1.29, 1.82) is 0 Å². The third kappa shape index (κ3) is 3.26. The Morgan fingerprint density at radius 1 is 1.00 bits per heavy atom. The molecular formula is C20H22N6O. The van der Waals surface area contributed by atoms with Crippen molar-refractivity contribution >= 4 is 5.82 Å². The fraction of sp³-hybridized carbons (Fsp3) is 0.350. The number of nitrogens with zero attached hydrogens (tertiary/aromatic N) is 3. The zero-order valence-corrected chi connectivity index (χ0v) is 14.9. The fourth-order valence-corrected chi connectivity index (χ4v) is 4.27. The van der Waals surface area contributed by atoms with Crippen LogP contribution >= 0.6 is 0 Å². The number of phenols is 1. The minimum absolute atomic E-state index is 0.179. The molecule has 2 saturated heterocycles. The maximum Gasteiger partial charge on any atom is 0.148 e. The van der Waals surface area contributed by atoms with Crippen molar-refractivity contribution < 1.29 is 5.11 Å². The van der Waals surface area contributed by atoms with Crippen molar-refractivity contribution in [3.05, 3.63) is 42.7 Å². The number of phenolic OH excluding ortho intramolecular Hbond substituents is 1. The molecule has 2 aromatic heterocycles. The lowest BCUT2D eigenvalue weighted by Gasteiger charge is -2.29. The van der Waals surface area contributed by atoms with Crippen LogP contribution in [0.3, 0.4) is 0 Å². The monoisotopic (exact) mass is 362 g/mol. The molecule has 1 aromatic carbocycles. The molecule has 4 N–H and O–H groups in total. The molecule has 2 fully saturated rings. The van der Waals surface area contributed by atoms with Gasteiger partial charge in [0.1, 0.15) is 11.6 Å². The Morgan fingerprint density at radius 3 is 2.52 bits per heavy atom. The topological polar surface area (TPSA) is 98.8 Å². The molecule has 138 valence electrons. The van der Waals surface area contributed by atoms with Crippen molar-refractivity contribution in [2.45, 2.75) is 43.8 Å². The highest BCUT2D eigenvalue weighted by atomic mass is 16.3. The zero-order chi connectivity index (χ0) is 18.2. The second-order valence-electron chi connectivity index (χ2n) is 7.47. The number of H-pyrrole nitrogens is 1.